The zero-order chi connectivity index (χ0) is 28.9. The van der Waals surface area contributed by atoms with Crippen molar-refractivity contribution in [1.29, 1.82) is 0 Å². The van der Waals surface area contributed by atoms with Gasteiger partial charge in [-0.1, -0.05) is 54.5 Å². The lowest BCUT2D eigenvalue weighted by molar-refractivity contribution is -0.218. The maximum Gasteiger partial charge on any atom is 0.111 e. The summed E-state index contributed by atoms with van der Waals surface area (Å²) in [5.41, 5.74) is 2.68. The molecular formula is C34H49NO4S2. The van der Waals surface area contributed by atoms with E-state index in [1.807, 2.05) is 34.6 Å². The Balaban J connectivity index is 1.26. The molecule has 5 nitrogen and oxygen atoms in total. The first-order valence-corrected chi connectivity index (χ1v) is 18.5. The molecule has 7 heteroatoms. The molecule has 4 fully saturated rings. The number of hydrogen-bond acceptors (Lipinski definition) is 7. The third-order valence-electron chi connectivity index (χ3n) is 13.8. The molecule has 0 radical (unpaired) electrons. The first kappa shape index (κ1) is 28.9. The predicted molar refractivity (Wildman–Crippen MR) is 169 cm³/mol. The lowest BCUT2D eigenvalue weighted by Gasteiger charge is -2.61. The van der Waals surface area contributed by atoms with Gasteiger partial charge in [-0.2, -0.15) is 0 Å². The van der Waals surface area contributed by atoms with Gasteiger partial charge in [0.05, 0.1) is 23.8 Å². The highest BCUT2D eigenvalue weighted by atomic mass is 33.1. The molecule has 0 saturated heterocycles. The van der Waals surface area contributed by atoms with E-state index in [0.717, 1.165) is 30.8 Å². The van der Waals surface area contributed by atoms with Crippen LogP contribution in [0.2, 0.25) is 0 Å². The number of rotatable bonds is 3. The van der Waals surface area contributed by atoms with E-state index in [4.69, 9.17) is 4.74 Å². The summed E-state index contributed by atoms with van der Waals surface area (Å²) in [7, 11) is 5.59. The minimum atomic E-state index is -1.04. The summed E-state index contributed by atoms with van der Waals surface area (Å²) >= 11 is 0. The largest absolute Gasteiger partial charge is 0.512 e. The molecule has 6 bridgehead atoms. The van der Waals surface area contributed by atoms with Crippen molar-refractivity contribution in [2.75, 3.05) is 23.9 Å². The van der Waals surface area contributed by atoms with Crippen LogP contribution in [0.4, 0.5) is 5.69 Å². The minimum absolute atomic E-state index is 0.0241. The van der Waals surface area contributed by atoms with Gasteiger partial charge in [0.25, 0.3) is 0 Å². The maximum absolute atomic E-state index is 12.7. The number of aryl methyl sites for hydroxylation is 1. The van der Waals surface area contributed by atoms with Crippen LogP contribution in [0.25, 0.3) is 0 Å². The van der Waals surface area contributed by atoms with Crippen molar-refractivity contribution in [3.63, 3.8) is 0 Å². The molecule has 1 aromatic carbocycles. The Labute approximate surface area is 254 Å². The molecule has 5 aliphatic carbocycles. The SMILES string of the molecule is CCc1ccc2cc1N[C@H]([C@H](C)O)CSSC[C@@H]1C[C@]3(CC[C@@H]4C[C@H]5[C@@H]6C(O)=C[C@@H](OC)[C@]6(O)[C@]4(C)[C@]53C)C[C@H]1C2. The van der Waals surface area contributed by atoms with Crippen molar-refractivity contribution in [2.24, 2.45) is 45.8 Å². The van der Waals surface area contributed by atoms with Crippen LogP contribution in [0, 0.1) is 45.8 Å². The molecule has 0 unspecified atom stereocenters. The van der Waals surface area contributed by atoms with Gasteiger partial charge < -0.3 is 25.4 Å². The number of anilines is 1. The van der Waals surface area contributed by atoms with Crippen LogP contribution in [0.15, 0.2) is 30.0 Å². The van der Waals surface area contributed by atoms with E-state index in [9.17, 15) is 15.3 Å². The summed E-state index contributed by atoms with van der Waals surface area (Å²) in [6.07, 6.45) is 8.95. The van der Waals surface area contributed by atoms with Crippen molar-refractivity contribution in [3.8, 4) is 0 Å². The molecule has 12 atom stereocenters. The van der Waals surface area contributed by atoms with E-state index < -0.39 is 17.8 Å². The number of nitrogens with one attached hydrogen (secondary N) is 1. The molecule has 1 spiro atoms. The highest BCUT2D eigenvalue weighted by Crippen LogP contribution is 2.87. The van der Waals surface area contributed by atoms with E-state index in [1.165, 1.54) is 42.5 Å². The Morgan fingerprint density at radius 1 is 1.12 bits per heavy atom. The van der Waals surface area contributed by atoms with E-state index in [2.05, 4.69) is 44.3 Å². The van der Waals surface area contributed by atoms with Crippen molar-refractivity contribution in [2.45, 2.75) is 96.5 Å². The molecule has 1 aliphatic heterocycles. The smallest absolute Gasteiger partial charge is 0.111 e. The Hall–Kier alpha value is -0.860. The van der Waals surface area contributed by atoms with Gasteiger partial charge in [0.1, 0.15) is 11.7 Å². The number of hydrogen-bond donors (Lipinski definition) is 4. The first-order chi connectivity index (χ1) is 19.5. The second-order valence-electron chi connectivity index (χ2n) is 14.9. The van der Waals surface area contributed by atoms with Crippen LogP contribution in [-0.2, 0) is 17.6 Å². The van der Waals surface area contributed by atoms with Gasteiger partial charge in [-0.05, 0) is 110 Å². The topological polar surface area (TPSA) is 82.0 Å². The van der Waals surface area contributed by atoms with E-state index in [-0.39, 0.29) is 34.1 Å². The van der Waals surface area contributed by atoms with Crippen LogP contribution < -0.4 is 5.32 Å². The van der Waals surface area contributed by atoms with Crippen LogP contribution >= 0.6 is 21.6 Å². The van der Waals surface area contributed by atoms with Gasteiger partial charge in [-0.15, -0.1) is 0 Å². The third-order valence-corrected chi connectivity index (χ3v) is 16.4. The summed E-state index contributed by atoms with van der Waals surface area (Å²) < 4.78 is 5.91. The lowest BCUT2D eigenvalue weighted by Crippen LogP contribution is -2.64. The fourth-order valence-corrected chi connectivity index (χ4v) is 14.6. The second-order valence-corrected chi connectivity index (χ2v) is 17.4. The average molecular weight is 600 g/mol. The average Bonchev–Trinajstić information content (AvgIpc) is 3.52. The fourth-order valence-electron chi connectivity index (χ4n) is 11.8. The molecule has 0 amide bonds. The lowest BCUT2D eigenvalue weighted by atomic mass is 9.44. The van der Waals surface area contributed by atoms with Crippen molar-refractivity contribution in [3.05, 3.63) is 41.2 Å². The molecule has 4 N–H and O–H groups in total. The van der Waals surface area contributed by atoms with Crippen molar-refractivity contribution in [1.82, 2.24) is 0 Å². The normalized spacial score (nSPS) is 49.0. The number of methoxy groups -OCH3 is 1. The summed E-state index contributed by atoms with van der Waals surface area (Å²) in [4.78, 5) is 0. The van der Waals surface area contributed by atoms with Gasteiger partial charge in [0, 0.05) is 29.7 Å². The van der Waals surface area contributed by atoms with E-state index >= 15 is 0 Å². The Morgan fingerprint density at radius 3 is 2.61 bits per heavy atom. The summed E-state index contributed by atoms with van der Waals surface area (Å²) in [5.74, 6) is 4.15. The standard InChI is InChI=1S/C34H49NO4S2/c1-6-21-8-7-20-11-22-15-33(16-23(22)17-40-41-18-27(19(2)36)35-26(21)12-20)10-9-24-13-25-30-28(37)14-29(39-5)34(30,38)31(24,3)32(25,33)4/h7-8,12,14,19,22-25,27,29-30,35-38H,6,9-11,13,15-18H2,1-5H3/t19-,22+,23-,24+,25-,27-,29+,30+,31-,32-,33-,34+/m0/s1. The van der Waals surface area contributed by atoms with Crippen LogP contribution in [-0.4, -0.2) is 57.8 Å². The fraction of sp³-hybridized carbons (Fsp3) is 0.765. The molecule has 0 aromatic heterocycles. The predicted octanol–water partition coefficient (Wildman–Crippen LogP) is 6.63. The molecule has 6 aliphatic rings. The highest BCUT2D eigenvalue weighted by Gasteiger charge is 2.87. The summed E-state index contributed by atoms with van der Waals surface area (Å²) in [5, 5.41) is 38.2. The number of fused-ring (bicyclic) bond motifs is 5. The molecule has 7 rings (SSSR count). The van der Waals surface area contributed by atoms with Gasteiger partial charge in [-0.25, -0.2) is 0 Å². The zero-order valence-electron chi connectivity index (χ0n) is 25.4. The van der Waals surface area contributed by atoms with Gasteiger partial charge in [-0.3, -0.25) is 0 Å². The van der Waals surface area contributed by atoms with Crippen LogP contribution in [0.1, 0.15) is 70.9 Å². The molecule has 4 saturated carbocycles. The Morgan fingerprint density at radius 2 is 1.88 bits per heavy atom. The maximum atomic E-state index is 12.7. The van der Waals surface area contributed by atoms with Gasteiger partial charge in [0.2, 0.25) is 0 Å². The van der Waals surface area contributed by atoms with Crippen LogP contribution in [0.3, 0.4) is 0 Å². The molecule has 41 heavy (non-hydrogen) atoms. The van der Waals surface area contributed by atoms with Gasteiger partial charge in [0.15, 0.2) is 0 Å². The number of benzene rings is 1. The quantitative estimate of drug-likeness (QED) is 0.290. The summed E-state index contributed by atoms with van der Waals surface area (Å²) in [6, 6.07) is 7.03. The van der Waals surface area contributed by atoms with Gasteiger partial charge >= 0.3 is 0 Å². The minimum Gasteiger partial charge on any atom is -0.512 e. The first-order valence-electron chi connectivity index (χ1n) is 16.0. The van der Waals surface area contributed by atoms with Crippen molar-refractivity contribution >= 4 is 27.3 Å². The van der Waals surface area contributed by atoms with Crippen LogP contribution in [0.5, 0.6) is 0 Å². The third kappa shape index (κ3) is 3.62. The van der Waals surface area contributed by atoms with E-state index in [0.29, 0.717) is 23.5 Å². The Bertz CT molecular complexity index is 1240. The molecule has 1 heterocycles. The number of aliphatic hydroxyl groups is 3. The van der Waals surface area contributed by atoms with Crippen molar-refractivity contribution < 1.29 is 20.1 Å². The van der Waals surface area contributed by atoms with E-state index in [1.54, 1.807) is 7.11 Å². The second kappa shape index (κ2) is 9.82. The number of aliphatic hydroxyl groups excluding tert-OH is 2. The molecule has 1 aromatic rings. The zero-order valence-corrected chi connectivity index (χ0v) is 27.0. The Kier molecular flexibility index (Phi) is 6.92. The highest BCUT2D eigenvalue weighted by molar-refractivity contribution is 8.76. The monoisotopic (exact) mass is 599 g/mol. The molecule has 226 valence electrons. The molecular weight excluding hydrogens is 551 g/mol. The number of ether oxygens (including phenoxy) is 1. The summed E-state index contributed by atoms with van der Waals surface area (Å²) in [6.45, 7) is 9.01.